The summed E-state index contributed by atoms with van der Waals surface area (Å²) < 4.78 is 45.8. The predicted octanol–water partition coefficient (Wildman–Crippen LogP) is 3.84. The van der Waals surface area contributed by atoms with E-state index < -0.39 is 14.0 Å². The van der Waals surface area contributed by atoms with Gasteiger partial charge in [0.1, 0.15) is 0 Å². The lowest BCUT2D eigenvalue weighted by Gasteiger charge is -2.11. The summed E-state index contributed by atoms with van der Waals surface area (Å²) in [5.74, 6) is 0. The fourth-order valence-electron chi connectivity index (χ4n) is 1.74. The van der Waals surface area contributed by atoms with Gasteiger partial charge in [-0.25, -0.2) is 0 Å². The molecule has 98 valence electrons. The zero-order valence-electron chi connectivity index (χ0n) is 16.2. The summed E-state index contributed by atoms with van der Waals surface area (Å²) in [4.78, 5) is 4.61. The lowest BCUT2D eigenvalue weighted by atomic mass is 9.99. The smallest absolute Gasteiger partial charge is 0.0394 e. The Morgan fingerprint density at radius 2 is 2.05 bits per heavy atom. The Morgan fingerprint density at radius 1 is 1.26 bits per heavy atom. The molecule has 0 spiro atoms. The minimum Gasteiger partial charge on any atom is -0.306 e. The Morgan fingerprint density at radius 3 is 2.68 bits per heavy atom. The second-order valence-electron chi connectivity index (χ2n) is 3.98. The van der Waals surface area contributed by atoms with Crippen LogP contribution in [0.5, 0.6) is 0 Å². The molecule has 19 heavy (non-hydrogen) atoms. The number of nitrogens with zero attached hydrogens (tertiary/aromatic N) is 2. The van der Waals surface area contributed by atoms with Crippen LogP contribution in [0.3, 0.4) is 0 Å². The van der Waals surface area contributed by atoms with Crippen molar-refractivity contribution in [3.05, 3.63) is 70.5 Å². The minimum atomic E-state index is -2.72. The summed E-state index contributed by atoms with van der Waals surface area (Å²) in [6.07, 6.45) is 4.90. The summed E-state index contributed by atoms with van der Waals surface area (Å²) in [7, 11) is 0. The average molecular weight is 323 g/mol. The Hall–Kier alpha value is -1.45. The molecule has 0 aliphatic rings. The molecular formula is C16H17BrN2. The van der Waals surface area contributed by atoms with Gasteiger partial charge in [0.2, 0.25) is 0 Å². The molecule has 2 rings (SSSR count). The van der Waals surface area contributed by atoms with Crippen molar-refractivity contribution in [1.82, 2.24) is 9.88 Å². The van der Waals surface area contributed by atoms with Crippen LogP contribution in [0.25, 0.3) is 5.57 Å². The van der Waals surface area contributed by atoms with Crippen LogP contribution in [-0.4, -0.2) is 30.4 Å². The van der Waals surface area contributed by atoms with Crippen molar-refractivity contribution in [1.29, 1.82) is 0 Å². The lowest BCUT2D eigenvalue weighted by molar-refractivity contribution is 0.457. The van der Waals surface area contributed by atoms with Crippen molar-refractivity contribution in [2.45, 2.75) is 0 Å². The normalized spacial score (nSPS) is 17.9. The number of pyridine rings is 1. The number of benzene rings is 1. The van der Waals surface area contributed by atoms with Crippen LogP contribution in [0.4, 0.5) is 0 Å². The van der Waals surface area contributed by atoms with Gasteiger partial charge in [-0.2, -0.15) is 0 Å². The quantitative estimate of drug-likeness (QED) is 0.850. The van der Waals surface area contributed by atoms with Crippen molar-refractivity contribution in [3.8, 4) is 0 Å². The van der Waals surface area contributed by atoms with Crippen molar-refractivity contribution in [3.63, 3.8) is 0 Å². The predicted molar refractivity (Wildman–Crippen MR) is 84.0 cm³/mol. The third-order valence-electron chi connectivity index (χ3n) is 2.61. The highest BCUT2D eigenvalue weighted by Crippen LogP contribution is 2.24. The Kier molecular flexibility index (Phi) is 2.79. The van der Waals surface area contributed by atoms with Gasteiger partial charge in [-0.05, 0) is 43.3 Å². The molecule has 0 bridgehead atoms. The van der Waals surface area contributed by atoms with Gasteiger partial charge < -0.3 is 4.90 Å². The molecule has 0 atom stereocenters. The molecule has 3 heteroatoms. The van der Waals surface area contributed by atoms with E-state index in [0.29, 0.717) is 4.90 Å². The maximum atomic E-state index is 7.48. The summed E-state index contributed by atoms with van der Waals surface area (Å²) in [6.45, 7) is -5.68. The van der Waals surface area contributed by atoms with E-state index in [9.17, 15) is 0 Å². The van der Waals surface area contributed by atoms with Crippen molar-refractivity contribution >= 4 is 21.5 Å². The largest absolute Gasteiger partial charge is 0.306 e. The van der Waals surface area contributed by atoms with Gasteiger partial charge >= 0.3 is 0 Å². The highest BCUT2D eigenvalue weighted by Gasteiger charge is 2.05. The van der Waals surface area contributed by atoms with Gasteiger partial charge in [0, 0.05) is 37.2 Å². The number of rotatable bonds is 4. The average Bonchev–Trinajstić information content (AvgIpc) is 2.51. The molecule has 2 nitrogen and oxygen atoms in total. The number of hydrogen-bond donors (Lipinski definition) is 0. The van der Waals surface area contributed by atoms with E-state index in [1.807, 2.05) is 30.3 Å². The molecule has 0 amide bonds. The molecule has 0 N–H and O–H groups in total. The van der Waals surface area contributed by atoms with Gasteiger partial charge in [0.05, 0.1) is 0 Å². The maximum absolute atomic E-state index is 7.48. The van der Waals surface area contributed by atoms with E-state index >= 15 is 0 Å². The lowest BCUT2D eigenvalue weighted by Crippen LogP contribution is -2.11. The fraction of sp³-hybridized carbons (Fsp3) is 0.188. The summed E-state index contributed by atoms with van der Waals surface area (Å²) in [5, 5.41) is 0. The number of likely N-dealkylation sites (N-methyl/N-ethyl adjacent to an activating group) is 1. The van der Waals surface area contributed by atoms with Gasteiger partial charge in [-0.3, -0.25) is 4.98 Å². The van der Waals surface area contributed by atoms with E-state index in [1.165, 1.54) is 0 Å². The van der Waals surface area contributed by atoms with E-state index in [4.69, 9.17) is 8.22 Å². The molecular weight excluding hydrogens is 300 g/mol. The van der Waals surface area contributed by atoms with Gasteiger partial charge in [0.25, 0.3) is 0 Å². The van der Waals surface area contributed by atoms with E-state index in [1.54, 1.807) is 24.5 Å². The Bertz CT molecular complexity index is 709. The van der Waals surface area contributed by atoms with Crippen LogP contribution in [0.1, 0.15) is 19.4 Å². The molecule has 2 aromatic rings. The monoisotopic (exact) mass is 322 g/mol. The molecule has 1 heterocycles. The van der Waals surface area contributed by atoms with Gasteiger partial charge in [-0.15, -0.1) is 0 Å². The first kappa shape index (κ1) is 7.98. The maximum Gasteiger partial charge on any atom is 0.0394 e. The van der Waals surface area contributed by atoms with Crippen molar-refractivity contribution < 1.29 is 8.22 Å². The Balaban J connectivity index is 2.45. The van der Waals surface area contributed by atoms with Crippen molar-refractivity contribution in [2.75, 3.05) is 20.5 Å². The zero-order valence-corrected chi connectivity index (χ0v) is 11.8. The summed E-state index contributed by atoms with van der Waals surface area (Å²) in [5.41, 5.74) is 2.34. The highest BCUT2D eigenvalue weighted by atomic mass is 79.9. The van der Waals surface area contributed by atoms with Crippen LogP contribution in [0.15, 0.2) is 59.3 Å². The first-order chi connectivity index (χ1) is 11.6. The molecule has 0 fully saturated rings. The summed E-state index contributed by atoms with van der Waals surface area (Å²) >= 11 is 3.38. The second-order valence-corrected chi connectivity index (χ2v) is 4.89. The molecule has 0 saturated carbocycles. The zero-order chi connectivity index (χ0) is 18.7. The molecule has 0 saturated heterocycles. The van der Waals surface area contributed by atoms with E-state index in [0.717, 1.165) is 21.2 Å². The SMILES string of the molecule is [2H]C([2H])([2H])N(CC=C(c1ccc(Br)cc1)c1cccnc1)C([2H])([2H])[2H]. The van der Waals surface area contributed by atoms with Crippen LogP contribution in [0.2, 0.25) is 0 Å². The molecule has 1 aromatic carbocycles. The molecule has 0 radical (unpaired) electrons. The van der Waals surface area contributed by atoms with Crippen LogP contribution >= 0.6 is 15.9 Å². The fourth-order valence-corrected chi connectivity index (χ4v) is 2.00. The van der Waals surface area contributed by atoms with Gasteiger partial charge in [0.15, 0.2) is 0 Å². The Labute approximate surface area is 131 Å². The standard InChI is InChI=1S/C16H17BrN2/c1-19(2)11-9-16(14-4-3-10-18-12-14)13-5-7-15(17)8-6-13/h3-10,12H,11H2,1-2H3/i1D3,2D3. The molecule has 0 unspecified atom stereocenters. The van der Waals surface area contributed by atoms with E-state index in [-0.39, 0.29) is 6.54 Å². The van der Waals surface area contributed by atoms with Crippen LogP contribution in [-0.2, 0) is 0 Å². The van der Waals surface area contributed by atoms with Crippen LogP contribution < -0.4 is 0 Å². The first-order valence-corrected chi connectivity index (χ1v) is 6.52. The van der Waals surface area contributed by atoms with E-state index in [2.05, 4.69) is 20.9 Å². The number of hydrogen-bond acceptors (Lipinski definition) is 2. The first-order valence-electron chi connectivity index (χ1n) is 8.73. The number of halogens is 1. The highest BCUT2D eigenvalue weighted by molar-refractivity contribution is 9.10. The second kappa shape index (κ2) is 6.64. The minimum absolute atomic E-state index is 0.243. The van der Waals surface area contributed by atoms with Gasteiger partial charge in [-0.1, -0.05) is 40.2 Å². The summed E-state index contributed by atoms with van der Waals surface area (Å²) in [6, 6.07) is 11.1. The topological polar surface area (TPSA) is 16.1 Å². The van der Waals surface area contributed by atoms with Crippen molar-refractivity contribution in [2.24, 2.45) is 0 Å². The van der Waals surface area contributed by atoms with Crippen LogP contribution in [0, 0.1) is 0 Å². The molecule has 1 aromatic heterocycles. The third-order valence-corrected chi connectivity index (χ3v) is 3.13. The third kappa shape index (κ3) is 4.01. The number of aromatic nitrogens is 1. The molecule has 0 aliphatic carbocycles. The molecule has 0 aliphatic heterocycles.